The van der Waals surface area contributed by atoms with Crippen LogP contribution in [0.5, 0.6) is 0 Å². The van der Waals surface area contributed by atoms with Gasteiger partial charge in [-0.25, -0.2) is 0 Å². The number of hydrogen-bond donors (Lipinski definition) is 1. The number of benzene rings is 6. The van der Waals surface area contributed by atoms with Crippen molar-refractivity contribution in [3.05, 3.63) is 139 Å². The van der Waals surface area contributed by atoms with Gasteiger partial charge in [0, 0.05) is 64.2 Å². The fourth-order valence-corrected chi connectivity index (χ4v) is 9.31. The molecule has 48 heavy (non-hydrogen) atoms. The van der Waals surface area contributed by atoms with E-state index in [-0.39, 0.29) is 0 Å². The molecule has 0 amide bonds. The van der Waals surface area contributed by atoms with E-state index >= 15 is 0 Å². The molecule has 4 nitrogen and oxygen atoms in total. The number of nitriles is 1. The van der Waals surface area contributed by atoms with Crippen molar-refractivity contribution in [1.29, 1.82) is 5.26 Å². The Morgan fingerprint density at radius 3 is 2.21 bits per heavy atom. The molecule has 0 unspecified atom stereocenters. The number of nitrogens with two attached hydrogens (primary N) is 1. The molecule has 226 valence electrons. The predicted molar refractivity (Wildman–Crippen MR) is 204 cm³/mol. The molecule has 0 fully saturated rings. The number of para-hydroxylation sites is 2. The van der Waals surface area contributed by atoms with Crippen molar-refractivity contribution in [1.82, 2.24) is 9.13 Å². The molecular formula is C43H28N4S. The standard InChI is InChI=1S/C43H28N4S/c44-25-26-20-22-37-33(24-26)28-12-4-6-17-35(28)47(37)38-19-9-16-34(45)40(38)32-15-8-14-29-30-21-23-39-41(43(30)48-42(29)32)31-13-5-7-18-36(31)46(39)27-10-2-1-3-11-27/h1-2,4-10,12-24H,3,11,45H2. The third-order valence-corrected chi connectivity index (χ3v) is 11.2. The van der Waals surface area contributed by atoms with E-state index in [4.69, 9.17) is 5.73 Å². The molecule has 0 aliphatic heterocycles. The largest absolute Gasteiger partial charge is 0.398 e. The average molecular weight is 633 g/mol. The third-order valence-electron chi connectivity index (χ3n) is 9.97. The zero-order chi connectivity index (χ0) is 31.9. The molecular weight excluding hydrogens is 605 g/mol. The Labute approximate surface area is 280 Å². The molecule has 0 atom stereocenters. The van der Waals surface area contributed by atoms with E-state index < -0.39 is 0 Å². The molecule has 2 N–H and O–H groups in total. The predicted octanol–water partition coefficient (Wildman–Crippen LogP) is 11.6. The van der Waals surface area contributed by atoms with Crippen molar-refractivity contribution in [3.63, 3.8) is 0 Å². The molecule has 0 saturated heterocycles. The van der Waals surface area contributed by atoms with Crippen molar-refractivity contribution in [3.8, 4) is 22.9 Å². The first-order valence-electron chi connectivity index (χ1n) is 16.3. The quantitative estimate of drug-likeness (QED) is 0.197. The van der Waals surface area contributed by atoms with Crippen molar-refractivity contribution in [2.75, 3.05) is 5.73 Å². The van der Waals surface area contributed by atoms with Gasteiger partial charge in [-0.15, -0.1) is 11.3 Å². The first-order valence-corrected chi connectivity index (χ1v) is 17.1. The van der Waals surface area contributed by atoms with Crippen LogP contribution in [-0.2, 0) is 0 Å². The highest BCUT2D eigenvalue weighted by Gasteiger charge is 2.22. The zero-order valence-electron chi connectivity index (χ0n) is 25.9. The second-order valence-electron chi connectivity index (χ2n) is 12.5. The Hall–Kier alpha value is -6.09. The van der Waals surface area contributed by atoms with Crippen molar-refractivity contribution in [2.45, 2.75) is 12.8 Å². The number of hydrogen-bond acceptors (Lipinski definition) is 3. The summed E-state index contributed by atoms with van der Waals surface area (Å²) in [5, 5.41) is 17.0. The summed E-state index contributed by atoms with van der Waals surface area (Å²) in [6.45, 7) is 0. The SMILES string of the molecule is N#Cc1ccc2c(c1)c1ccccc1n2-c1cccc(N)c1-c1cccc2c1sc1c2ccc2c1c1ccccc1n2C1=CC=CCC1. The van der Waals surface area contributed by atoms with Gasteiger partial charge < -0.3 is 14.9 Å². The fourth-order valence-electron chi connectivity index (χ4n) is 7.93. The summed E-state index contributed by atoms with van der Waals surface area (Å²) in [6, 6.07) is 43.0. The summed E-state index contributed by atoms with van der Waals surface area (Å²) in [6.07, 6.45) is 8.77. The minimum atomic E-state index is 0.650. The lowest BCUT2D eigenvalue weighted by atomic mass is 9.98. The molecule has 0 saturated carbocycles. The minimum Gasteiger partial charge on any atom is -0.398 e. The van der Waals surface area contributed by atoms with Gasteiger partial charge in [0.1, 0.15) is 0 Å². The van der Waals surface area contributed by atoms with Crippen LogP contribution in [0.15, 0.2) is 133 Å². The van der Waals surface area contributed by atoms with Crippen LogP contribution in [0.25, 0.3) is 86.3 Å². The molecule has 6 aromatic carbocycles. The maximum Gasteiger partial charge on any atom is 0.0991 e. The van der Waals surface area contributed by atoms with Crippen LogP contribution in [0, 0.1) is 11.3 Å². The minimum absolute atomic E-state index is 0.650. The second-order valence-corrected chi connectivity index (χ2v) is 13.6. The Morgan fingerprint density at radius 2 is 1.38 bits per heavy atom. The first-order chi connectivity index (χ1) is 23.7. The number of nitrogens with zero attached hydrogens (tertiary/aromatic N) is 3. The topological polar surface area (TPSA) is 59.7 Å². The van der Waals surface area contributed by atoms with E-state index in [1.165, 1.54) is 47.7 Å². The van der Waals surface area contributed by atoms with Crippen molar-refractivity contribution in [2.24, 2.45) is 0 Å². The van der Waals surface area contributed by atoms with E-state index in [2.05, 4.69) is 124 Å². The van der Waals surface area contributed by atoms with E-state index in [1.54, 1.807) is 0 Å². The number of nitrogen functional groups attached to an aromatic ring is 1. The Kier molecular flexibility index (Phi) is 5.75. The summed E-state index contributed by atoms with van der Waals surface area (Å²) < 4.78 is 7.30. The molecule has 0 bridgehead atoms. The highest BCUT2D eigenvalue weighted by Crippen LogP contribution is 2.48. The summed E-state index contributed by atoms with van der Waals surface area (Å²) in [5.74, 6) is 0. The molecule has 3 heterocycles. The Balaban J connectivity index is 1.29. The van der Waals surface area contributed by atoms with Crippen LogP contribution in [0.3, 0.4) is 0 Å². The molecule has 1 aliphatic rings. The van der Waals surface area contributed by atoms with Gasteiger partial charge in [0.05, 0.1) is 39.4 Å². The summed E-state index contributed by atoms with van der Waals surface area (Å²) >= 11 is 1.87. The smallest absolute Gasteiger partial charge is 0.0991 e. The lowest BCUT2D eigenvalue weighted by Gasteiger charge is -2.17. The molecule has 0 spiro atoms. The van der Waals surface area contributed by atoms with Gasteiger partial charge in [0.25, 0.3) is 0 Å². The van der Waals surface area contributed by atoms with E-state index in [1.807, 2.05) is 35.6 Å². The van der Waals surface area contributed by atoms with Crippen LogP contribution in [-0.4, -0.2) is 9.13 Å². The van der Waals surface area contributed by atoms with Gasteiger partial charge in [-0.2, -0.15) is 5.26 Å². The Morgan fingerprint density at radius 1 is 0.646 bits per heavy atom. The van der Waals surface area contributed by atoms with Crippen LogP contribution < -0.4 is 5.73 Å². The highest BCUT2D eigenvalue weighted by atomic mass is 32.1. The summed E-state index contributed by atoms with van der Waals surface area (Å²) in [4.78, 5) is 0. The molecule has 0 radical (unpaired) electrons. The van der Waals surface area contributed by atoms with Gasteiger partial charge in [0.2, 0.25) is 0 Å². The maximum atomic E-state index is 9.70. The van der Waals surface area contributed by atoms with Crippen LogP contribution in [0.2, 0.25) is 0 Å². The number of fused-ring (bicyclic) bond motifs is 10. The van der Waals surface area contributed by atoms with E-state index in [0.29, 0.717) is 5.56 Å². The first kappa shape index (κ1) is 27.1. The van der Waals surface area contributed by atoms with E-state index in [9.17, 15) is 5.26 Å². The molecule has 1 aliphatic carbocycles. The fraction of sp³-hybridized carbons (Fsp3) is 0.0465. The van der Waals surface area contributed by atoms with Gasteiger partial charge in [-0.05, 0) is 67.4 Å². The van der Waals surface area contributed by atoms with Crippen molar-refractivity contribution < 1.29 is 0 Å². The van der Waals surface area contributed by atoms with Crippen LogP contribution >= 0.6 is 11.3 Å². The lowest BCUT2D eigenvalue weighted by Crippen LogP contribution is -2.00. The molecule has 5 heteroatoms. The normalized spacial score (nSPS) is 13.4. The molecule has 10 rings (SSSR count). The summed E-state index contributed by atoms with van der Waals surface area (Å²) in [7, 11) is 0. The van der Waals surface area contributed by atoms with Gasteiger partial charge in [-0.3, -0.25) is 0 Å². The van der Waals surface area contributed by atoms with Crippen LogP contribution in [0.1, 0.15) is 18.4 Å². The average Bonchev–Trinajstić information content (AvgIpc) is 3.79. The van der Waals surface area contributed by atoms with Gasteiger partial charge >= 0.3 is 0 Å². The highest BCUT2D eigenvalue weighted by molar-refractivity contribution is 7.27. The second kappa shape index (κ2) is 10.2. The number of anilines is 1. The van der Waals surface area contributed by atoms with Crippen LogP contribution in [0.4, 0.5) is 5.69 Å². The maximum absolute atomic E-state index is 9.70. The van der Waals surface area contributed by atoms with E-state index in [0.717, 1.165) is 57.1 Å². The number of allylic oxidation sites excluding steroid dienone is 4. The molecule has 9 aromatic rings. The third kappa shape index (κ3) is 3.69. The lowest BCUT2D eigenvalue weighted by molar-refractivity contribution is 0.979. The number of thiophene rings is 1. The monoisotopic (exact) mass is 632 g/mol. The number of aromatic nitrogens is 2. The summed E-state index contributed by atoms with van der Waals surface area (Å²) in [5.41, 5.74) is 17.5. The van der Waals surface area contributed by atoms with Crippen molar-refractivity contribution >= 4 is 86.5 Å². The zero-order valence-corrected chi connectivity index (χ0v) is 26.8. The van der Waals surface area contributed by atoms with Gasteiger partial charge in [0.15, 0.2) is 0 Å². The van der Waals surface area contributed by atoms with Gasteiger partial charge in [-0.1, -0.05) is 78.9 Å². The molecule has 3 aromatic heterocycles. The Bertz CT molecular complexity index is 2920. The number of rotatable bonds is 3.